The highest BCUT2D eigenvalue weighted by Crippen LogP contribution is 2.08. The molecule has 3 nitrogen and oxygen atoms in total. The average molecular weight is 161 g/mol. The molecule has 3 heteroatoms. The van der Waals surface area contributed by atoms with Gasteiger partial charge in [0.25, 0.3) is 0 Å². The fourth-order valence-corrected chi connectivity index (χ4v) is 0.934. The number of hydrogen-bond donors (Lipinski definition) is 0. The maximum atomic E-state index is 4.07. The van der Waals surface area contributed by atoms with Crippen LogP contribution < -0.4 is 0 Å². The summed E-state index contributed by atoms with van der Waals surface area (Å²) in [4.78, 5) is 3.62. The minimum atomic E-state index is 0.984. The maximum absolute atomic E-state index is 4.07. The number of aromatic nitrogens is 2. The maximum Gasteiger partial charge on any atom is 0.0705 e. The zero-order valence-electron chi connectivity index (χ0n) is 7.07. The van der Waals surface area contributed by atoms with Gasteiger partial charge in [0.05, 0.1) is 11.9 Å². The zero-order valence-corrected chi connectivity index (χ0v) is 7.07. The third kappa shape index (κ3) is 1.50. The normalized spacial score (nSPS) is 10.4. The molecule has 0 unspecified atom stereocenters. The van der Waals surface area contributed by atoms with E-state index in [-0.39, 0.29) is 0 Å². The first kappa shape index (κ1) is 8.46. The van der Waals surface area contributed by atoms with Gasteiger partial charge in [0.1, 0.15) is 0 Å². The van der Waals surface area contributed by atoms with Gasteiger partial charge >= 0.3 is 0 Å². The van der Waals surface area contributed by atoms with Crippen LogP contribution in [-0.4, -0.2) is 16.5 Å². The molecule has 1 aromatic heterocycles. The molecular formula is C9H11N3. The van der Waals surface area contributed by atoms with Gasteiger partial charge in [-0.15, -0.1) is 0 Å². The SMILES string of the molecule is C=Cn1ncc(C)c1/C=C\N=C. The second-order valence-corrected chi connectivity index (χ2v) is 2.34. The average Bonchev–Trinajstić information content (AvgIpc) is 2.43. The van der Waals surface area contributed by atoms with E-state index in [2.05, 4.69) is 23.4 Å². The number of aryl methyl sites for hydroxylation is 1. The first-order valence-corrected chi connectivity index (χ1v) is 3.58. The molecule has 0 aliphatic heterocycles. The van der Waals surface area contributed by atoms with Crippen LogP contribution in [0.2, 0.25) is 0 Å². The predicted molar refractivity (Wildman–Crippen MR) is 51.9 cm³/mol. The molecule has 0 bridgehead atoms. The standard InChI is InChI=1S/C9H11N3/c1-4-12-9(5-6-10-3)8(2)7-11-12/h4-7H,1,3H2,2H3/b6-5-. The molecular weight excluding hydrogens is 150 g/mol. The van der Waals surface area contributed by atoms with Crippen LogP contribution in [0.4, 0.5) is 0 Å². The molecule has 0 saturated carbocycles. The third-order valence-electron chi connectivity index (χ3n) is 1.54. The van der Waals surface area contributed by atoms with Gasteiger partial charge in [0, 0.05) is 12.4 Å². The van der Waals surface area contributed by atoms with E-state index in [4.69, 9.17) is 0 Å². The lowest BCUT2D eigenvalue weighted by Gasteiger charge is -1.95. The van der Waals surface area contributed by atoms with Crippen molar-refractivity contribution in [1.29, 1.82) is 0 Å². The lowest BCUT2D eigenvalue weighted by atomic mass is 10.3. The first-order valence-electron chi connectivity index (χ1n) is 3.58. The summed E-state index contributed by atoms with van der Waals surface area (Å²) in [5.74, 6) is 0. The summed E-state index contributed by atoms with van der Waals surface area (Å²) in [6.45, 7) is 8.97. The van der Waals surface area contributed by atoms with Crippen LogP contribution in [0.3, 0.4) is 0 Å². The predicted octanol–water partition coefficient (Wildman–Crippen LogP) is 1.96. The van der Waals surface area contributed by atoms with E-state index in [0.29, 0.717) is 0 Å². The molecule has 0 aliphatic rings. The minimum Gasteiger partial charge on any atom is -0.272 e. The van der Waals surface area contributed by atoms with Crippen molar-refractivity contribution in [3.05, 3.63) is 30.2 Å². The van der Waals surface area contributed by atoms with Crippen molar-refractivity contribution in [2.75, 3.05) is 0 Å². The van der Waals surface area contributed by atoms with Gasteiger partial charge in [-0.1, -0.05) is 6.58 Å². The summed E-state index contributed by atoms with van der Waals surface area (Å²) < 4.78 is 1.69. The Labute approximate surface area is 71.7 Å². The Morgan fingerprint density at radius 1 is 1.67 bits per heavy atom. The highest BCUT2D eigenvalue weighted by Gasteiger charge is 1.99. The molecule has 1 heterocycles. The fourth-order valence-electron chi connectivity index (χ4n) is 0.934. The van der Waals surface area contributed by atoms with Crippen LogP contribution in [0.15, 0.2) is 24.0 Å². The molecule has 62 valence electrons. The summed E-state index contributed by atoms with van der Waals surface area (Å²) in [7, 11) is 0. The summed E-state index contributed by atoms with van der Waals surface area (Å²) in [6.07, 6.45) is 6.90. The Hall–Kier alpha value is -1.64. The van der Waals surface area contributed by atoms with E-state index in [1.807, 2.05) is 13.0 Å². The topological polar surface area (TPSA) is 30.2 Å². The highest BCUT2D eigenvalue weighted by atomic mass is 15.3. The zero-order chi connectivity index (χ0) is 8.97. The van der Waals surface area contributed by atoms with E-state index in [1.165, 1.54) is 0 Å². The third-order valence-corrected chi connectivity index (χ3v) is 1.54. The monoisotopic (exact) mass is 161 g/mol. The molecule has 0 N–H and O–H groups in total. The Bertz CT molecular complexity index is 321. The van der Waals surface area contributed by atoms with Crippen molar-refractivity contribution in [2.45, 2.75) is 6.92 Å². The molecule has 0 aliphatic carbocycles. The molecule has 0 spiro atoms. The van der Waals surface area contributed by atoms with E-state index in [9.17, 15) is 0 Å². The van der Waals surface area contributed by atoms with E-state index in [1.54, 1.807) is 23.3 Å². The highest BCUT2D eigenvalue weighted by molar-refractivity contribution is 5.52. The molecule has 12 heavy (non-hydrogen) atoms. The molecule has 0 saturated heterocycles. The quantitative estimate of drug-likeness (QED) is 0.623. The van der Waals surface area contributed by atoms with Gasteiger partial charge in [0.15, 0.2) is 0 Å². The number of aliphatic imine (C=N–C) groups is 1. The van der Waals surface area contributed by atoms with Crippen molar-refractivity contribution in [2.24, 2.45) is 4.99 Å². The van der Waals surface area contributed by atoms with Gasteiger partial charge in [-0.3, -0.25) is 4.99 Å². The largest absolute Gasteiger partial charge is 0.272 e. The Balaban J connectivity index is 3.09. The summed E-state index contributed by atoms with van der Waals surface area (Å²) in [5.41, 5.74) is 2.08. The summed E-state index contributed by atoms with van der Waals surface area (Å²) >= 11 is 0. The van der Waals surface area contributed by atoms with Crippen LogP contribution in [0.25, 0.3) is 12.3 Å². The Morgan fingerprint density at radius 3 is 3.00 bits per heavy atom. The smallest absolute Gasteiger partial charge is 0.0705 e. The van der Waals surface area contributed by atoms with Gasteiger partial charge in [-0.05, 0) is 25.3 Å². The van der Waals surface area contributed by atoms with Crippen LogP contribution in [0, 0.1) is 6.92 Å². The molecule has 0 atom stereocenters. The first-order chi connectivity index (χ1) is 5.79. The minimum absolute atomic E-state index is 0.984. The molecule has 0 amide bonds. The van der Waals surface area contributed by atoms with E-state index >= 15 is 0 Å². The summed E-state index contributed by atoms with van der Waals surface area (Å²) in [6, 6.07) is 0. The van der Waals surface area contributed by atoms with E-state index in [0.717, 1.165) is 11.3 Å². The molecule has 0 fully saturated rings. The van der Waals surface area contributed by atoms with Gasteiger partial charge in [-0.25, -0.2) is 4.68 Å². The number of hydrogen-bond acceptors (Lipinski definition) is 2. The second-order valence-electron chi connectivity index (χ2n) is 2.34. The Morgan fingerprint density at radius 2 is 2.42 bits per heavy atom. The lowest BCUT2D eigenvalue weighted by Crippen LogP contribution is -1.90. The molecule has 1 rings (SSSR count). The van der Waals surface area contributed by atoms with Crippen LogP contribution in [0.1, 0.15) is 11.3 Å². The van der Waals surface area contributed by atoms with Gasteiger partial charge in [0.2, 0.25) is 0 Å². The van der Waals surface area contributed by atoms with Crippen LogP contribution in [-0.2, 0) is 0 Å². The fraction of sp³-hybridized carbons (Fsp3) is 0.111. The Kier molecular flexibility index (Phi) is 2.58. The van der Waals surface area contributed by atoms with Crippen molar-refractivity contribution in [3.8, 4) is 0 Å². The van der Waals surface area contributed by atoms with Crippen LogP contribution in [0.5, 0.6) is 0 Å². The second kappa shape index (κ2) is 3.67. The van der Waals surface area contributed by atoms with Gasteiger partial charge < -0.3 is 0 Å². The van der Waals surface area contributed by atoms with Crippen molar-refractivity contribution < 1.29 is 0 Å². The summed E-state index contributed by atoms with van der Waals surface area (Å²) in [5, 5.41) is 4.07. The molecule has 1 aromatic rings. The molecule has 0 radical (unpaired) electrons. The number of nitrogens with zero attached hydrogens (tertiary/aromatic N) is 3. The van der Waals surface area contributed by atoms with Crippen LogP contribution >= 0.6 is 0 Å². The van der Waals surface area contributed by atoms with E-state index < -0.39 is 0 Å². The number of rotatable bonds is 3. The van der Waals surface area contributed by atoms with Crippen molar-refractivity contribution in [1.82, 2.24) is 9.78 Å². The van der Waals surface area contributed by atoms with Gasteiger partial charge in [-0.2, -0.15) is 5.10 Å². The molecule has 0 aromatic carbocycles. The van der Waals surface area contributed by atoms with Crippen molar-refractivity contribution >= 4 is 19.0 Å². The lowest BCUT2D eigenvalue weighted by molar-refractivity contribution is 0.926. The van der Waals surface area contributed by atoms with Crippen molar-refractivity contribution in [3.63, 3.8) is 0 Å².